The molecule has 0 bridgehead atoms. The van der Waals surface area contributed by atoms with Gasteiger partial charge >= 0.3 is 0 Å². The normalized spacial score (nSPS) is 17.3. The zero-order valence-corrected chi connectivity index (χ0v) is 23.0. The summed E-state index contributed by atoms with van der Waals surface area (Å²) in [6.07, 6.45) is 10.8. The second-order valence-electron chi connectivity index (χ2n) is 10.4. The first-order chi connectivity index (χ1) is 17.8. The molecular weight excluding hydrogens is 470 g/mol. The molecule has 1 fully saturated rings. The van der Waals surface area contributed by atoms with Crippen LogP contribution >= 0.6 is 15.8 Å². The van der Waals surface area contributed by atoms with Crippen molar-refractivity contribution in [2.75, 3.05) is 12.3 Å². The summed E-state index contributed by atoms with van der Waals surface area (Å²) in [5.41, 5.74) is 6.08. The van der Waals surface area contributed by atoms with Crippen LogP contribution in [-0.2, 0) is 24.6 Å². The topological polar surface area (TPSA) is 0 Å². The molecule has 36 heavy (non-hydrogen) atoms. The highest BCUT2D eigenvalue weighted by Gasteiger charge is 2.34. The van der Waals surface area contributed by atoms with E-state index in [1.165, 1.54) is 72.1 Å². The highest BCUT2D eigenvalue weighted by atomic mass is 31.1. The van der Waals surface area contributed by atoms with Crippen molar-refractivity contribution in [3.63, 3.8) is 0 Å². The molecule has 1 saturated carbocycles. The molecule has 5 rings (SSSR count). The van der Waals surface area contributed by atoms with Gasteiger partial charge in [0.1, 0.15) is 0 Å². The van der Waals surface area contributed by atoms with Crippen LogP contribution in [0.4, 0.5) is 0 Å². The van der Waals surface area contributed by atoms with Gasteiger partial charge < -0.3 is 0 Å². The molecule has 0 amide bonds. The average molecular weight is 509 g/mol. The molecular formula is C34H38P2. The van der Waals surface area contributed by atoms with E-state index in [2.05, 4.69) is 121 Å². The second kappa shape index (κ2) is 13.3. The zero-order valence-electron chi connectivity index (χ0n) is 21.3. The van der Waals surface area contributed by atoms with E-state index in [9.17, 15) is 0 Å². The van der Waals surface area contributed by atoms with Gasteiger partial charge in [0.05, 0.1) is 0 Å². The van der Waals surface area contributed by atoms with E-state index in [1.807, 2.05) is 0 Å². The standard InChI is InChI=1S/C34H38P2/c1-5-13-29(14-6-1)23-35(24-30-15-7-2-8-16-30)27-33-21-22-34(33)28-36(25-31-17-9-3-10-18-31)26-32-19-11-4-12-20-32/h1-20,33-34H,21-28H2. The third kappa shape index (κ3) is 7.62. The maximum Gasteiger partial charge on any atom is -0.00700 e. The first kappa shape index (κ1) is 25.4. The Hall–Kier alpha value is -2.26. The van der Waals surface area contributed by atoms with E-state index in [0.717, 1.165) is 11.8 Å². The van der Waals surface area contributed by atoms with E-state index in [4.69, 9.17) is 0 Å². The van der Waals surface area contributed by atoms with E-state index in [0.29, 0.717) is 0 Å². The predicted molar refractivity (Wildman–Crippen MR) is 160 cm³/mol. The van der Waals surface area contributed by atoms with Crippen LogP contribution in [0.3, 0.4) is 0 Å². The maximum absolute atomic E-state index is 2.33. The minimum absolute atomic E-state index is 0.0478. The molecule has 0 nitrogen and oxygen atoms in total. The minimum Gasteiger partial charge on any atom is -0.0974 e. The summed E-state index contributed by atoms with van der Waals surface area (Å²) in [4.78, 5) is 0. The fourth-order valence-corrected chi connectivity index (χ4v) is 11.5. The lowest BCUT2D eigenvalue weighted by molar-refractivity contribution is 0.226. The van der Waals surface area contributed by atoms with Crippen molar-refractivity contribution in [3.8, 4) is 0 Å². The fourth-order valence-electron chi connectivity index (χ4n) is 5.52. The van der Waals surface area contributed by atoms with Gasteiger partial charge in [0, 0.05) is 0 Å². The Bertz CT molecular complexity index is 967. The molecule has 1 aliphatic carbocycles. The van der Waals surface area contributed by atoms with Crippen molar-refractivity contribution < 1.29 is 0 Å². The van der Waals surface area contributed by atoms with Crippen LogP contribution in [0, 0.1) is 11.8 Å². The van der Waals surface area contributed by atoms with Crippen molar-refractivity contribution in [2.45, 2.75) is 37.5 Å². The Morgan fingerprint density at radius 2 is 0.639 bits per heavy atom. The van der Waals surface area contributed by atoms with E-state index < -0.39 is 0 Å². The Labute approximate surface area is 220 Å². The Morgan fingerprint density at radius 3 is 0.861 bits per heavy atom. The molecule has 0 heterocycles. The number of benzene rings is 4. The van der Waals surface area contributed by atoms with Crippen molar-refractivity contribution in [3.05, 3.63) is 144 Å². The van der Waals surface area contributed by atoms with Gasteiger partial charge in [-0.3, -0.25) is 0 Å². The molecule has 2 atom stereocenters. The van der Waals surface area contributed by atoms with Crippen LogP contribution in [0.25, 0.3) is 0 Å². The Morgan fingerprint density at radius 1 is 0.389 bits per heavy atom. The fraction of sp³-hybridized carbons (Fsp3) is 0.294. The van der Waals surface area contributed by atoms with Gasteiger partial charge in [0.15, 0.2) is 0 Å². The lowest BCUT2D eigenvalue weighted by atomic mass is 9.76. The number of hydrogen-bond donors (Lipinski definition) is 0. The van der Waals surface area contributed by atoms with Gasteiger partial charge in [-0.2, -0.15) is 0 Å². The van der Waals surface area contributed by atoms with Gasteiger partial charge in [-0.1, -0.05) is 137 Å². The smallest absolute Gasteiger partial charge is 0.00700 e. The number of hydrogen-bond acceptors (Lipinski definition) is 0. The van der Waals surface area contributed by atoms with E-state index in [1.54, 1.807) is 0 Å². The van der Waals surface area contributed by atoms with E-state index in [-0.39, 0.29) is 15.8 Å². The van der Waals surface area contributed by atoms with Crippen LogP contribution < -0.4 is 0 Å². The highest BCUT2D eigenvalue weighted by molar-refractivity contribution is 7.56. The molecule has 0 aliphatic heterocycles. The predicted octanol–water partition coefficient (Wildman–Crippen LogP) is 9.78. The molecule has 2 heteroatoms. The summed E-state index contributed by atoms with van der Waals surface area (Å²) in [5, 5.41) is 0. The van der Waals surface area contributed by atoms with Gasteiger partial charge in [-0.25, -0.2) is 0 Å². The van der Waals surface area contributed by atoms with Crippen molar-refractivity contribution in [1.29, 1.82) is 0 Å². The molecule has 0 N–H and O–H groups in total. The Balaban J connectivity index is 1.26. The van der Waals surface area contributed by atoms with Gasteiger partial charge in [0.2, 0.25) is 0 Å². The van der Waals surface area contributed by atoms with Gasteiger partial charge in [0.25, 0.3) is 0 Å². The molecule has 2 unspecified atom stereocenters. The second-order valence-corrected chi connectivity index (χ2v) is 15.1. The Kier molecular flexibility index (Phi) is 9.40. The lowest BCUT2D eigenvalue weighted by Crippen LogP contribution is -2.31. The van der Waals surface area contributed by atoms with Crippen LogP contribution in [0.15, 0.2) is 121 Å². The molecule has 184 valence electrons. The van der Waals surface area contributed by atoms with Crippen LogP contribution in [0.1, 0.15) is 35.1 Å². The van der Waals surface area contributed by atoms with Crippen molar-refractivity contribution in [1.82, 2.24) is 0 Å². The molecule has 4 aromatic rings. The summed E-state index contributed by atoms with van der Waals surface area (Å²) in [6, 6.07) is 44.9. The first-order valence-corrected chi connectivity index (χ1v) is 17.2. The van der Waals surface area contributed by atoms with Crippen molar-refractivity contribution in [2.24, 2.45) is 11.8 Å². The van der Waals surface area contributed by atoms with Crippen LogP contribution in [-0.4, -0.2) is 12.3 Å². The lowest BCUT2D eigenvalue weighted by Gasteiger charge is -2.41. The largest absolute Gasteiger partial charge is 0.0974 e. The minimum atomic E-state index is -0.0478. The SMILES string of the molecule is c1ccc(CP(Cc2ccccc2)CC2CCC2CP(Cc2ccccc2)Cc2ccccc2)cc1. The summed E-state index contributed by atoms with van der Waals surface area (Å²) >= 11 is 0. The summed E-state index contributed by atoms with van der Waals surface area (Å²) in [7, 11) is -0.0956. The summed E-state index contributed by atoms with van der Waals surface area (Å²) in [5.74, 6) is 1.83. The van der Waals surface area contributed by atoms with E-state index >= 15 is 0 Å². The molecule has 0 radical (unpaired) electrons. The molecule has 0 aromatic heterocycles. The first-order valence-electron chi connectivity index (χ1n) is 13.4. The third-order valence-corrected chi connectivity index (χ3v) is 12.8. The van der Waals surface area contributed by atoms with Gasteiger partial charge in [-0.05, 0) is 83.9 Å². The third-order valence-electron chi connectivity index (χ3n) is 7.56. The van der Waals surface area contributed by atoms with Crippen molar-refractivity contribution >= 4 is 15.8 Å². The molecule has 0 saturated heterocycles. The zero-order chi connectivity index (χ0) is 24.4. The quantitative estimate of drug-likeness (QED) is 0.167. The molecule has 4 aromatic carbocycles. The maximum atomic E-state index is 2.33. The van der Waals surface area contributed by atoms with Gasteiger partial charge in [-0.15, -0.1) is 0 Å². The highest BCUT2D eigenvalue weighted by Crippen LogP contribution is 2.54. The molecule has 1 aliphatic rings. The van der Waals surface area contributed by atoms with Crippen LogP contribution in [0.2, 0.25) is 0 Å². The summed E-state index contributed by atoms with van der Waals surface area (Å²) in [6.45, 7) is 0. The molecule has 0 spiro atoms. The number of rotatable bonds is 12. The summed E-state index contributed by atoms with van der Waals surface area (Å²) < 4.78 is 0. The average Bonchev–Trinajstić information content (AvgIpc) is 2.92. The van der Waals surface area contributed by atoms with Crippen LogP contribution in [0.5, 0.6) is 0 Å². The monoisotopic (exact) mass is 508 g/mol.